The number of anilines is 3. The average molecular weight is 945 g/mol. The molecule has 6 heterocycles. The predicted molar refractivity (Wildman–Crippen MR) is 303 cm³/mol. The predicted octanol–water partition coefficient (Wildman–Crippen LogP) is 15.4. The Balaban J connectivity index is 1.16. The van der Waals surface area contributed by atoms with Crippen LogP contribution in [0.2, 0.25) is 0 Å². The Bertz CT molecular complexity index is 3990. The van der Waals surface area contributed by atoms with E-state index in [1.807, 2.05) is 11.8 Å². The minimum Gasteiger partial charge on any atom is -0.455 e. The molecular weight excluding hydrogens is 882 g/mol. The highest BCUT2D eigenvalue weighted by Crippen LogP contribution is 2.55. The third-order valence-electron chi connectivity index (χ3n) is 16.1. The molecule has 0 aliphatic carbocycles. The van der Waals surface area contributed by atoms with E-state index < -0.39 is 0 Å². The Morgan fingerprint density at radius 3 is 1.92 bits per heavy atom. The molecule has 3 aliphatic heterocycles. The number of pyridine rings is 1. The molecule has 0 radical (unpaired) electrons. The summed E-state index contributed by atoms with van der Waals surface area (Å²) in [7, 11) is 2.11. The van der Waals surface area contributed by atoms with Crippen LogP contribution in [0.25, 0.3) is 71.8 Å². The summed E-state index contributed by atoms with van der Waals surface area (Å²) in [5.74, 6) is 0. The molecule has 0 atom stereocenters. The van der Waals surface area contributed by atoms with Crippen LogP contribution in [0, 0.1) is 6.92 Å². The van der Waals surface area contributed by atoms with Crippen LogP contribution in [-0.4, -0.2) is 11.3 Å². The number of fused-ring (bicyclic) bond motifs is 12. The van der Waals surface area contributed by atoms with Gasteiger partial charge in [-0.25, -0.2) is 4.57 Å². The maximum absolute atomic E-state index is 7.05. The van der Waals surface area contributed by atoms with Crippen LogP contribution < -0.4 is 25.9 Å². The molecule has 7 aromatic carbocycles. The quantitative estimate of drug-likeness (QED) is 0.128. The van der Waals surface area contributed by atoms with Gasteiger partial charge in [-0.3, -0.25) is 0 Å². The van der Waals surface area contributed by atoms with Crippen molar-refractivity contribution in [1.29, 1.82) is 0 Å². The Morgan fingerprint density at radius 1 is 0.535 bits per heavy atom. The van der Waals surface area contributed by atoms with Crippen LogP contribution in [0.5, 0.6) is 0 Å². The standard InChI is InChI=1S/C65H63BN3OS/c1-36-18-22-44-43-23-19-37(29-54(43)70-61(44)57(36)51-17-15-16-26-67(51)14)38-27-52-58-53(28-38)69-50-25-21-40(63(5,6)7)34-55(50)71-56-35-42(65(11,12)13)33-48(60(56)69)66(58)47-32-41(64(8,9)10)31-46-45-30-39(62(2,3)4)20-24-49(45)68(52)59(46)47/h15-35H,1-14H3/q+1. The Labute approximate surface area is 423 Å². The van der Waals surface area contributed by atoms with Gasteiger partial charge in [-0.05, 0) is 151 Å². The molecule has 0 saturated carbocycles. The van der Waals surface area contributed by atoms with E-state index in [1.54, 1.807) is 0 Å². The van der Waals surface area contributed by atoms with Gasteiger partial charge in [0.05, 0.1) is 22.5 Å². The maximum atomic E-state index is 7.05. The topological polar surface area (TPSA) is 25.2 Å². The molecule has 71 heavy (non-hydrogen) atoms. The van der Waals surface area contributed by atoms with E-state index in [0.717, 1.165) is 38.8 Å². The lowest BCUT2D eigenvalue weighted by Gasteiger charge is -2.45. The molecule has 0 bridgehead atoms. The van der Waals surface area contributed by atoms with E-state index >= 15 is 0 Å². The summed E-state index contributed by atoms with van der Waals surface area (Å²) >= 11 is 1.96. The summed E-state index contributed by atoms with van der Waals surface area (Å²) in [5, 5.41) is 4.92. The first-order chi connectivity index (χ1) is 33.5. The Hall–Kier alpha value is -6.50. The molecule has 3 aliphatic rings. The third-order valence-corrected chi connectivity index (χ3v) is 17.2. The third kappa shape index (κ3) is 6.48. The van der Waals surface area contributed by atoms with Crippen LogP contribution in [0.1, 0.15) is 111 Å². The van der Waals surface area contributed by atoms with Crippen molar-refractivity contribution in [3.05, 3.63) is 155 Å². The van der Waals surface area contributed by atoms with E-state index in [1.165, 1.54) is 104 Å². The van der Waals surface area contributed by atoms with Crippen molar-refractivity contribution in [3.8, 4) is 28.1 Å². The number of aryl methyl sites for hydroxylation is 2. The maximum Gasteiger partial charge on any atom is 0.252 e. The fraction of sp³-hybridized carbons (Fsp3) is 0.277. The number of nitrogens with zero attached hydrogens (tertiary/aromatic N) is 3. The smallest absolute Gasteiger partial charge is 0.252 e. The van der Waals surface area contributed by atoms with Gasteiger partial charge in [0.15, 0.2) is 6.20 Å². The lowest BCUT2D eigenvalue weighted by Crippen LogP contribution is -2.61. The highest BCUT2D eigenvalue weighted by atomic mass is 32.2. The molecule has 0 fully saturated rings. The van der Waals surface area contributed by atoms with Crippen molar-refractivity contribution in [1.82, 2.24) is 4.57 Å². The number of benzene rings is 7. The normalized spacial score (nSPS) is 14.2. The summed E-state index contributed by atoms with van der Waals surface area (Å²) in [4.78, 5) is 5.28. The fourth-order valence-corrected chi connectivity index (χ4v) is 13.2. The van der Waals surface area contributed by atoms with Gasteiger partial charge in [-0.1, -0.05) is 137 Å². The van der Waals surface area contributed by atoms with Gasteiger partial charge >= 0.3 is 0 Å². The van der Waals surface area contributed by atoms with E-state index in [-0.39, 0.29) is 28.4 Å². The summed E-state index contributed by atoms with van der Waals surface area (Å²) < 4.78 is 11.9. The molecule has 0 N–H and O–H groups in total. The highest BCUT2D eigenvalue weighted by Gasteiger charge is 2.46. The van der Waals surface area contributed by atoms with Crippen LogP contribution >= 0.6 is 11.8 Å². The van der Waals surface area contributed by atoms with Crippen molar-refractivity contribution in [2.45, 2.75) is 121 Å². The van der Waals surface area contributed by atoms with Gasteiger partial charge < -0.3 is 13.9 Å². The minimum atomic E-state index is -0.0613. The van der Waals surface area contributed by atoms with E-state index in [0.29, 0.717) is 0 Å². The summed E-state index contributed by atoms with van der Waals surface area (Å²) in [6, 6.07) is 47.5. The summed E-state index contributed by atoms with van der Waals surface area (Å²) in [5.41, 5.74) is 24.7. The molecule has 10 aromatic rings. The monoisotopic (exact) mass is 944 g/mol. The second-order valence-corrected chi connectivity index (χ2v) is 26.2. The minimum absolute atomic E-state index is 0.00313. The van der Waals surface area contributed by atoms with E-state index in [2.05, 4.69) is 239 Å². The van der Waals surface area contributed by atoms with Crippen molar-refractivity contribution >= 4 is 95.7 Å². The lowest BCUT2D eigenvalue weighted by atomic mass is 9.33. The zero-order valence-corrected chi connectivity index (χ0v) is 44.7. The lowest BCUT2D eigenvalue weighted by molar-refractivity contribution is -0.660. The zero-order chi connectivity index (χ0) is 49.6. The first-order valence-electron chi connectivity index (χ1n) is 25.6. The van der Waals surface area contributed by atoms with Crippen molar-refractivity contribution in [3.63, 3.8) is 0 Å². The van der Waals surface area contributed by atoms with Crippen molar-refractivity contribution < 1.29 is 8.98 Å². The Kier molecular flexibility index (Phi) is 9.12. The van der Waals surface area contributed by atoms with Crippen LogP contribution in [0.3, 0.4) is 0 Å². The number of furan rings is 1. The largest absolute Gasteiger partial charge is 0.455 e. The van der Waals surface area contributed by atoms with Gasteiger partial charge in [-0.15, -0.1) is 0 Å². The van der Waals surface area contributed by atoms with Gasteiger partial charge in [-0.2, -0.15) is 0 Å². The number of aromatic nitrogens is 2. The van der Waals surface area contributed by atoms with Crippen molar-refractivity contribution in [2.75, 3.05) is 4.90 Å². The zero-order valence-electron chi connectivity index (χ0n) is 43.9. The van der Waals surface area contributed by atoms with Gasteiger partial charge in [0.2, 0.25) is 5.69 Å². The number of hydrogen-bond donors (Lipinski definition) is 0. The number of rotatable bonds is 2. The molecular formula is C65H63BN3OS+. The van der Waals surface area contributed by atoms with Crippen LogP contribution in [0.4, 0.5) is 17.1 Å². The summed E-state index contributed by atoms with van der Waals surface area (Å²) in [6.45, 7) is 30.5. The van der Waals surface area contributed by atoms with Crippen LogP contribution in [-0.2, 0) is 28.7 Å². The molecule has 3 aromatic heterocycles. The molecule has 352 valence electrons. The molecule has 0 amide bonds. The molecule has 4 nitrogen and oxygen atoms in total. The Morgan fingerprint density at radius 2 is 1.18 bits per heavy atom. The fourth-order valence-electron chi connectivity index (χ4n) is 12.0. The second kappa shape index (κ2) is 14.6. The van der Waals surface area contributed by atoms with Crippen LogP contribution in [0.15, 0.2) is 142 Å². The SMILES string of the molecule is Cc1ccc2c(oc3cc(-c4cc5c6c(c4)-n4c7ccc(C(C)(C)C)cc7c7cc(C(C)(C)C)cc(c74)B6c4cc(C(C)(C)C)cc6c4N5c4ccc(C(C)(C)C)cc4S6)ccc32)c1-c1cccc[n+]1C. The first kappa shape index (κ1) is 44.4. The first-order valence-corrected chi connectivity index (χ1v) is 26.4. The van der Waals surface area contributed by atoms with E-state index in [9.17, 15) is 0 Å². The molecule has 0 spiro atoms. The number of hydrogen-bond acceptors (Lipinski definition) is 3. The molecule has 13 rings (SSSR count). The molecule has 0 unspecified atom stereocenters. The summed E-state index contributed by atoms with van der Waals surface area (Å²) in [6.07, 6.45) is 2.11. The van der Waals surface area contributed by atoms with Crippen molar-refractivity contribution in [2.24, 2.45) is 7.05 Å². The second-order valence-electron chi connectivity index (χ2n) is 25.1. The average Bonchev–Trinajstić information content (AvgIpc) is 3.85. The van der Waals surface area contributed by atoms with Gasteiger partial charge in [0.1, 0.15) is 18.2 Å². The van der Waals surface area contributed by atoms with Gasteiger partial charge in [0.25, 0.3) is 6.71 Å². The van der Waals surface area contributed by atoms with E-state index in [4.69, 9.17) is 4.42 Å². The molecule has 0 saturated heterocycles. The molecule has 6 heteroatoms. The van der Waals surface area contributed by atoms with Gasteiger partial charge in [0, 0.05) is 60.4 Å². The highest BCUT2D eigenvalue weighted by molar-refractivity contribution is 7.99.